The number of halogens is 1. The van der Waals surface area contributed by atoms with Gasteiger partial charge >= 0.3 is 11.9 Å². The van der Waals surface area contributed by atoms with Crippen molar-refractivity contribution in [3.05, 3.63) is 17.1 Å². The van der Waals surface area contributed by atoms with Crippen LogP contribution in [0.2, 0.25) is 0 Å². The molecule has 166 valence electrons. The minimum Gasteiger partial charge on any atom is -0.477 e. The van der Waals surface area contributed by atoms with Crippen LogP contribution in [-0.2, 0) is 28.8 Å². The van der Waals surface area contributed by atoms with E-state index in [1.165, 1.54) is 18.7 Å². The molecule has 0 aromatic carbocycles. The number of thioether (sulfide) groups is 1. The van der Waals surface area contributed by atoms with Gasteiger partial charge in [0.05, 0.1) is 0 Å². The van der Waals surface area contributed by atoms with Gasteiger partial charge in [0, 0.05) is 29.8 Å². The number of anilines is 1. The molecule has 0 unspecified atom stereocenters. The summed E-state index contributed by atoms with van der Waals surface area (Å²) in [7, 11) is 0. The number of rotatable bonds is 8. The quantitative estimate of drug-likeness (QED) is 0.183. The topological polar surface area (TPSA) is 186 Å². The number of hydrogen-bond donors (Lipinski definition) is 3. The fourth-order valence-corrected chi connectivity index (χ4v) is 4.56. The third-order valence-corrected chi connectivity index (χ3v) is 5.94. The highest BCUT2D eigenvalue weighted by molar-refractivity contribution is 8.00. The van der Waals surface area contributed by atoms with Gasteiger partial charge in [-0.05, 0) is 0 Å². The lowest BCUT2D eigenvalue weighted by Crippen LogP contribution is -2.71. The number of alkyl halides is 1. The summed E-state index contributed by atoms with van der Waals surface area (Å²) >= 11 is 1.95. The van der Waals surface area contributed by atoms with Gasteiger partial charge in [0.1, 0.15) is 23.7 Å². The van der Waals surface area contributed by atoms with Crippen LogP contribution < -0.4 is 11.1 Å². The molecule has 3 rings (SSSR count). The maximum absolute atomic E-state index is 12.6. The Morgan fingerprint density at radius 2 is 2.19 bits per heavy atom. The average Bonchev–Trinajstić information content (AvgIpc) is 3.15. The molecule has 3 heterocycles. The van der Waals surface area contributed by atoms with Crippen molar-refractivity contribution in [1.82, 2.24) is 19.6 Å². The lowest BCUT2D eigenvalue weighted by molar-refractivity contribution is -0.150. The van der Waals surface area contributed by atoms with E-state index >= 15 is 0 Å². The predicted octanol–water partition coefficient (Wildman–Crippen LogP) is -0.930. The van der Waals surface area contributed by atoms with Crippen molar-refractivity contribution in [3.63, 3.8) is 0 Å². The van der Waals surface area contributed by atoms with Gasteiger partial charge in [-0.3, -0.25) is 19.3 Å². The highest BCUT2D eigenvalue weighted by atomic mass is 32.2. The number of carbonyl (C=O) groups excluding carboxylic acids is 3. The lowest BCUT2D eigenvalue weighted by Gasteiger charge is -2.49. The average molecular weight is 474 g/mol. The summed E-state index contributed by atoms with van der Waals surface area (Å²) in [5.74, 6) is -3.65. The molecule has 2 amide bonds. The molecule has 2 aliphatic rings. The largest absolute Gasteiger partial charge is 0.477 e. The maximum Gasteiger partial charge on any atom is 0.352 e. The first-order valence-electron chi connectivity index (χ1n) is 8.44. The van der Waals surface area contributed by atoms with Gasteiger partial charge < -0.3 is 25.7 Å². The molecule has 2 aliphatic heterocycles. The molecule has 31 heavy (non-hydrogen) atoms. The first-order chi connectivity index (χ1) is 14.7. The van der Waals surface area contributed by atoms with Gasteiger partial charge in [0.15, 0.2) is 5.13 Å². The number of nitrogens with one attached hydrogen (secondary N) is 1. The smallest absolute Gasteiger partial charge is 0.352 e. The van der Waals surface area contributed by atoms with E-state index in [2.05, 4.69) is 24.7 Å². The van der Waals surface area contributed by atoms with Crippen LogP contribution in [-0.4, -0.2) is 79.5 Å². The second-order valence-corrected chi connectivity index (χ2v) is 7.92. The number of esters is 1. The van der Waals surface area contributed by atoms with Gasteiger partial charge in [0.25, 0.3) is 18.7 Å². The van der Waals surface area contributed by atoms with Crippen LogP contribution in [0.1, 0.15) is 12.7 Å². The highest BCUT2D eigenvalue weighted by Gasteiger charge is 2.54. The molecule has 13 nitrogen and oxygen atoms in total. The first-order valence-corrected chi connectivity index (χ1v) is 10.3. The highest BCUT2D eigenvalue weighted by Crippen LogP contribution is 2.40. The Morgan fingerprint density at radius 3 is 2.77 bits per heavy atom. The Hall–Kier alpha value is -3.27. The zero-order chi connectivity index (χ0) is 22.7. The number of carboxylic acid groups (broad SMARTS) is 1. The minimum absolute atomic E-state index is 0.0287. The molecular weight excluding hydrogens is 459 g/mol. The molecule has 1 aromatic rings. The van der Waals surface area contributed by atoms with E-state index in [9.17, 15) is 28.7 Å². The molecule has 0 bridgehead atoms. The molecule has 0 aliphatic carbocycles. The first kappa shape index (κ1) is 22.4. The van der Waals surface area contributed by atoms with E-state index in [0.717, 1.165) is 16.4 Å². The molecule has 1 fully saturated rings. The number of nitrogens with two attached hydrogens (primary N) is 1. The Labute approximate surface area is 181 Å². The van der Waals surface area contributed by atoms with E-state index in [1.54, 1.807) is 0 Å². The summed E-state index contributed by atoms with van der Waals surface area (Å²) in [6, 6.07) is -1.09. The molecule has 4 N–H and O–H groups in total. The summed E-state index contributed by atoms with van der Waals surface area (Å²) in [6.45, 7) is -0.411. The number of nitrogen functional groups attached to an aromatic ring is 1. The lowest BCUT2D eigenvalue weighted by atomic mass is 10.0. The van der Waals surface area contributed by atoms with Crippen molar-refractivity contribution in [2.75, 3.05) is 25.0 Å². The number of β-lactam (4-membered cyclic amide) rings is 1. The fourth-order valence-electron chi connectivity index (χ4n) is 2.80. The zero-order valence-electron chi connectivity index (χ0n) is 15.7. The molecule has 0 radical (unpaired) electrons. The molecule has 16 heteroatoms. The number of nitrogens with zero attached hydrogens (tertiary/aromatic N) is 4. The van der Waals surface area contributed by atoms with Gasteiger partial charge in [-0.15, -0.1) is 11.8 Å². The monoisotopic (exact) mass is 474 g/mol. The standard InChI is InChI=1S/C15H15FN6O7S2/c1-5(23)28-2-6-3-30-13-8(12(25)22(13)9(6)14(26)27)18-11(24)7(20-29-4-16)10-19-15(17)31-21-10/h8,13H,2-4H2,1H3,(H,18,24)(H,26,27)(H2,17,19,21)/b20-7-/t8-,13-/m1/s1. The third-order valence-electron chi connectivity index (χ3n) is 4.06. The van der Waals surface area contributed by atoms with Crippen LogP contribution in [0.4, 0.5) is 9.52 Å². The van der Waals surface area contributed by atoms with Crippen LogP contribution in [0.25, 0.3) is 0 Å². The molecular formula is C15H15FN6O7S2. The molecule has 2 atom stereocenters. The van der Waals surface area contributed by atoms with Crippen LogP contribution in [0.3, 0.4) is 0 Å². The Bertz CT molecular complexity index is 996. The van der Waals surface area contributed by atoms with E-state index in [-0.39, 0.29) is 34.6 Å². The van der Waals surface area contributed by atoms with Gasteiger partial charge in [-0.2, -0.15) is 9.36 Å². The number of carbonyl (C=O) groups is 4. The summed E-state index contributed by atoms with van der Waals surface area (Å²) < 4.78 is 21.0. The van der Waals surface area contributed by atoms with E-state index in [0.29, 0.717) is 0 Å². The summed E-state index contributed by atoms with van der Waals surface area (Å²) in [5, 5.41) is 14.6. The zero-order valence-corrected chi connectivity index (χ0v) is 17.4. The van der Waals surface area contributed by atoms with Crippen molar-refractivity contribution in [3.8, 4) is 0 Å². The number of hydrogen-bond acceptors (Lipinski definition) is 12. The number of carboxylic acids is 1. The Balaban J connectivity index is 1.78. The van der Waals surface area contributed by atoms with Crippen molar-refractivity contribution in [2.45, 2.75) is 18.3 Å². The second kappa shape index (κ2) is 9.25. The van der Waals surface area contributed by atoms with E-state index in [1.807, 2.05) is 0 Å². The molecule has 1 aromatic heterocycles. The molecule has 0 saturated carbocycles. The minimum atomic E-state index is -1.37. The van der Waals surface area contributed by atoms with Crippen molar-refractivity contribution in [2.24, 2.45) is 5.16 Å². The van der Waals surface area contributed by atoms with E-state index in [4.69, 9.17) is 10.5 Å². The number of fused-ring (bicyclic) bond motifs is 1. The second-order valence-electron chi connectivity index (χ2n) is 6.03. The van der Waals surface area contributed by atoms with Crippen molar-refractivity contribution < 1.29 is 38.2 Å². The van der Waals surface area contributed by atoms with Crippen LogP contribution >= 0.6 is 23.3 Å². The van der Waals surface area contributed by atoms with Gasteiger partial charge in [-0.1, -0.05) is 5.16 Å². The normalized spacial score (nSPS) is 20.6. The summed E-state index contributed by atoms with van der Waals surface area (Å²) in [4.78, 5) is 57.0. The van der Waals surface area contributed by atoms with Gasteiger partial charge in [-0.25, -0.2) is 9.18 Å². The third kappa shape index (κ3) is 4.58. The number of aliphatic carboxylic acids is 1. The maximum atomic E-state index is 12.6. The van der Waals surface area contributed by atoms with E-state index < -0.39 is 47.7 Å². The molecule has 1 saturated heterocycles. The number of amides is 2. The van der Waals surface area contributed by atoms with Gasteiger partial charge in [0.2, 0.25) is 11.5 Å². The van der Waals surface area contributed by atoms with Crippen molar-refractivity contribution >= 4 is 57.9 Å². The number of ether oxygens (including phenoxy) is 1. The molecule has 0 spiro atoms. The summed E-state index contributed by atoms with van der Waals surface area (Å²) in [6.07, 6.45) is 0. The van der Waals surface area contributed by atoms with Crippen LogP contribution in [0.15, 0.2) is 16.4 Å². The predicted molar refractivity (Wildman–Crippen MR) is 104 cm³/mol. The van der Waals surface area contributed by atoms with Crippen LogP contribution in [0.5, 0.6) is 0 Å². The number of aromatic nitrogens is 2. The Kier molecular flexibility index (Phi) is 6.69. The Morgan fingerprint density at radius 1 is 1.45 bits per heavy atom. The fraction of sp³-hybridized carbons (Fsp3) is 0.400. The number of oxime groups is 1. The SMILES string of the molecule is CC(=O)OCC1=C(C(=O)O)N2C(=O)[C@@H](NC(=O)/C(=N\OCF)c3nsc(N)n3)[C@H]2SC1. The summed E-state index contributed by atoms with van der Waals surface area (Å²) in [5.41, 5.74) is 4.93. The van der Waals surface area contributed by atoms with Crippen LogP contribution in [0, 0.1) is 0 Å². The van der Waals surface area contributed by atoms with Crippen molar-refractivity contribution in [1.29, 1.82) is 0 Å².